The van der Waals surface area contributed by atoms with Crippen molar-refractivity contribution < 1.29 is 12.8 Å². The number of benzene rings is 1. The van der Waals surface area contributed by atoms with Crippen molar-refractivity contribution in [3.8, 4) is 0 Å². The van der Waals surface area contributed by atoms with E-state index in [1.54, 1.807) is 6.92 Å². The second kappa shape index (κ2) is 5.24. The molecule has 1 aromatic rings. The predicted octanol–water partition coefficient (Wildman–Crippen LogP) is 0.772. The number of amidine groups is 1. The highest BCUT2D eigenvalue weighted by atomic mass is 32.2. The average Bonchev–Trinajstić information content (AvgIpc) is 2.25. The van der Waals surface area contributed by atoms with Crippen LogP contribution in [-0.2, 0) is 10.0 Å². The minimum Gasteiger partial charge on any atom is -0.387 e. The van der Waals surface area contributed by atoms with E-state index in [2.05, 4.69) is 0 Å². The zero-order valence-electron chi connectivity index (χ0n) is 9.35. The van der Waals surface area contributed by atoms with Gasteiger partial charge in [-0.25, -0.2) is 12.8 Å². The molecular formula is C10H14FN3O2S. The molecule has 0 radical (unpaired) electrons. The number of halogens is 1. The van der Waals surface area contributed by atoms with Gasteiger partial charge in [0.25, 0.3) is 0 Å². The lowest BCUT2D eigenvalue weighted by Crippen LogP contribution is -2.37. The minimum atomic E-state index is -3.80. The zero-order chi connectivity index (χ0) is 13.1. The monoisotopic (exact) mass is 259 g/mol. The lowest BCUT2D eigenvalue weighted by atomic mass is 10.4. The third-order valence-corrected chi connectivity index (χ3v) is 4.05. The fourth-order valence-electron chi connectivity index (χ4n) is 1.33. The van der Waals surface area contributed by atoms with E-state index >= 15 is 0 Å². The molecule has 0 aliphatic carbocycles. The molecule has 0 amide bonds. The summed E-state index contributed by atoms with van der Waals surface area (Å²) in [6, 6.07) is 4.74. The normalized spacial score (nSPS) is 11.7. The second-order valence-corrected chi connectivity index (χ2v) is 5.35. The molecule has 0 aliphatic rings. The van der Waals surface area contributed by atoms with Gasteiger partial charge in [0.05, 0.1) is 11.4 Å². The number of nitrogens with two attached hydrogens (primary N) is 1. The Kier molecular flexibility index (Phi) is 4.19. The van der Waals surface area contributed by atoms with E-state index in [-0.39, 0.29) is 23.8 Å². The molecule has 0 aliphatic heterocycles. The molecule has 0 heterocycles. The van der Waals surface area contributed by atoms with Crippen LogP contribution in [0.5, 0.6) is 0 Å². The van der Waals surface area contributed by atoms with Crippen LogP contribution in [0.2, 0.25) is 0 Å². The maximum Gasteiger partial charge on any atom is 0.243 e. The van der Waals surface area contributed by atoms with Crippen LogP contribution in [0.3, 0.4) is 0 Å². The largest absolute Gasteiger partial charge is 0.387 e. The van der Waals surface area contributed by atoms with Gasteiger partial charge in [-0.15, -0.1) is 0 Å². The summed E-state index contributed by atoms with van der Waals surface area (Å²) in [5, 5.41) is 7.11. The van der Waals surface area contributed by atoms with Crippen molar-refractivity contribution in [1.29, 1.82) is 5.41 Å². The van der Waals surface area contributed by atoms with Crippen LogP contribution >= 0.6 is 0 Å². The van der Waals surface area contributed by atoms with Crippen LogP contribution in [0.15, 0.2) is 29.2 Å². The highest BCUT2D eigenvalue weighted by molar-refractivity contribution is 7.89. The van der Waals surface area contributed by atoms with Crippen LogP contribution in [0.4, 0.5) is 4.39 Å². The maximum absolute atomic E-state index is 13.0. The van der Waals surface area contributed by atoms with Gasteiger partial charge >= 0.3 is 0 Å². The topological polar surface area (TPSA) is 87.2 Å². The fraction of sp³-hybridized carbons (Fsp3) is 0.300. The zero-order valence-corrected chi connectivity index (χ0v) is 10.2. The first-order chi connectivity index (χ1) is 7.87. The molecular weight excluding hydrogens is 245 g/mol. The number of likely N-dealkylation sites (N-methyl/N-ethyl adjacent to an activating group) is 1. The number of nitrogens with one attached hydrogen (secondary N) is 1. The Morgan fingerprint density at radius 2 is 2.18 bits per heavy atom. The van der Waals surface area contributed by atoms with Gasteiger partial charge in [-0.1, -0.05) is 13.0 Å². The molecule has 5 nitrogen and oxygen atoms in total. The molecule has 1 aromatic carbocycles. The van der Waals surface area contributed by atoms with Crippen molar-refractivity contribution >= 4 is 15.9 Å². The molecule has 17 heavy (non-hydrogen) atoms. The lowest BCUT2D eigenvalue weighted by molar-refractivity contribution is 0.465. The van der Waals surface area contributed by atoms with Crippen LogP contribution in [0, 0.1) is 11.2 Å². The Morgan fingerprint density at radius 1 is 1.53 bits per heavy atom. The molecule has 0 bridgehead atoms. The van der Waals surface area contributed by atoms with E-state index in [1.807, 2.05) is 0 Å². The Labute approximate surface area is 99.6 Å². The number of hydrogen-bond acceptors (Lipinski definition) is 3. The van der Waals surface area contributed by atoms with Gasteiger partial charge in [-0.3, -0.25) is 5.41 Å². The molecule has 0 fully saturated rings. The summed E-state index contributed by atoms with van der Waals surface area (Å²) < 4.78 is 38.1. The highest BCUT2D eigenvalue weighted by Gasteiger charge is 2.23. The van der Waals surface area contributed by atoms with Gasteiger partial charge < -0.3 is 5.73 Å². The van der Waals surface area contributed by atoms with E-state index in [9.17, 15) is 12.8 Å². The summed E-state index contributed by atoms with van der Waals surface area (Å²) in [5.74, 6) is -0.878. The molecule has 0 atom stereocenters. The molecule has 94 valence electrons. The van der Waals surface area contributed by atoms with E-state index in [0.29, 0.717) is 0 Å². The first-order valence-electron chi connectivity index (χ1n) is 4.96. The van der Waals surface area contributed by atoms with Crippen molar-refractivity contribution in [3.63, 3.8) is 0 Å². The molecule has 0 saturated carbocycles. The van der Waals surface area contributed by atoms with E-state index in [1.165, 1.54) is 18.2 Å². The van der Waals surface area contributed by atoms with Gasteiger partial charge in [0.2, 0.25) is 10.0 Å². The van der Waals surface area contributed by atoms with Gasteiger partial charge in [0.15, 0.2) is 0 Å². The minimum absolute atomic E-state index is 0.138. The van der Waals surface area contributed by atoms with Crippen molar-refractivity contribution in [3.05, 3.63) is 30.1 Å². The van der Waals surface area contributed by atoms with Crippen LogP contribution in [0.1, 0.15) is 6.92 Å². The standard InChI is InChI=1S/C10H14FN3O2S/c1-2-14(7-10(12)13)17(15,16)9-5-3-4-8(11)6-9/h3-6H,2,7H2,1H3,(H3,12,13). The van der Waals surface area contributed by atoms with Crippen molar-refractivity contribution in [2.24, 2.45) is 5.73 Å². The molecule has 0 saturated heterocycles. The Bertz CT molecular complexity index is 516. The third-order valence-electron chi connectivity index (χ3n) is 2.13. The van der Waals surface area contributed by atoms with Crippen molar-refractivity contribution in [2.75, 3.05) is 13.1 Å². The van der Waals surface area contributed by atoms with Gasteiger partial charge in [0, 0.05) is 6.54 Å². The van der Waals surface area contributed by atoms with Crippen molar-refractivity contribution in [2.45, 2.75) is 11.8 Å². The van der Waals surface area contributed by atoms with Crippen molar-refractivity contribution in [1.82, 2.24) is 4.31 Å². The van der Waals surface area contributed by atoms with E-state index < -0.39 is 15.8 Å². The smallest absolute Gasteiger partial charge is 0.243 e. The van der Waals surface area contributed by atoms with Gasteiger partial charge in [-0.05, 0) is 18.2 Å². The van der Waals surface area contributed by atoms with Gasteiger partial charge in [0.1, 0.15) is 11.7 Å². The number of sulfonamides is 1. The SMILES string of the molecule is CCN(CC(=N)N)S(=O)(=O)c1cccc(F)c1. The van der Waals surface area contributed by atoms with Crippen LogP contribution in [-0.4, -0.2) is 31.6 Å². The number of rotatable bonds is 5. The molecule has 3 N–H and O–H groups in total. The molecule has 7 heteroatoms. The average molecular weight is 259 g/mol. The first kappa shape index (κ1) is 13.6. The Hall–Kier alpha value is -1.47. The second-order valence-electron chi connectivity index (χ2n) is 3.41. The Balaban J connectivity index is 3.13. The first-order valence-corrected chi connectivity index (χ1v) is 6.40. The quantitative estimate of drug-likeness (QED) is 0.605. The van der Waals surface area contributed by atoms with E-state index in [4.69, 9.17) is 11.1 Å². The highest BCUT2D eigenvalue weighted by Crippen LogP contribution is 2.16. The number of nitrogens with zero attached hydrogens (tertiary/aromatic N) is 1. The third kappa shape index (κ3) is 3.24. The fourth-order valence-corrected chi connectivity index (χ4v) is 2.79. The van der Waals surface area contributed by atoms with Crippen LogP contribution < -0.4 is 5.73 Å². The number of hydrogen-bond donors (Lipinski definition) is 2. The summed E-state index contributed by atoms with van der Waals surface area (Å²) in [6.07, 6.45) is 0. The summed E-state index contributed by atoms with van der Waals surface area (Å²) in [4.78, 5) is -0.138. The summed E-state index contributed by atoms with van der Waals surface area (Å²) in [5.41, 5.74) is 5.18. The van der Waals surface area contributed by atoms with Crippen LogP contribution in [0.25, 0.3) is 0 Å². The molecule has 1 rings (SSSR count). The molecule has 0 spiro atoms. The maximum atomic E-state index is 13.0. The summed E-state index contributed by atoms with van der Waals surface area (Å²) in [6.45, 7) is 1.59. The molecule has 0 unspecified atom stereocenters. The summed E-state index contributed by atoms with van der Waals surface area (Å²) >= 11 is 0. The predicted molar refractivity (Wildman–Crippen MR) is 62.7 cm³/mol. The summed E-state index contributed by atoms with van der Waals surface area (Å²) in [7, 11) is -3.80. The molecule has 0 aromatic heterocycles. The van der Waals surface area contributed by atoms with Gasteiger partial charge in [-0.2, -0.15) is 4.31 Å². The lowest BCUT2D eigenvalue weighted by Gasteiger charge is -2.19. The Morgan fingerprint density at radius 3 is 2.65 bits per heavy atom. The van der Waals surface area contributed by atoms with E-state index in [0.717, 1.165) is 10.4 Å².